The molecule has 1 saturated heterocycles. The van der Waals surface area contributed by atoms with Crippen molar-refractivity contribution < 1.29 is 22.8 Å². The first-order valence-electron chi connectivity index (χ1n) is 10.8. The van der Waals surface area contributed by atoms with Gasteiger partial charge in [0.1, 0.15) is 0 Å². The molecule has 0 saturated carbocycles. The van der Waals surface area contributed by atoms with Crippen LogP contribution >= 0.6 is 11.8 Å². The zero-order valence-corrected chi connectivity index (χ0v) is 20.6. The number of aromatic nitrogens is 2. The van der Waals surface area contributed by atoms with E-state index in [2.05, 4.69) is 16.8 Å². The predicted molar refractivity (Wildman–Crippen MR) is 123 cm³/mol. The molecule has 9 nitrogen and oxygen atoms in total. The number of alkyl halides is 3. The van der Waals surface area contributed by atoms with E-state index in [1.54, 1.807) is 18.9 Å². The van der Waals surface area contributed by atoms with Gasteiger partial charge in [-0.25, -0.2) is 9.78 Å². The molecule has 1 aromatic heterocycles. The highest BCUT2D eigenvalue weighted by Crippen LogP contribution is 2.41. The molecule has 0 radical (unpaired) electrons. The molecule has 188 valence electrons. The lowest BCUT2D eigenvalue weighted by Gasteiger charge is -2.41. The summed E-state index contributed by atoms with van der Waals surface area (Å²) in [7, 11) is 1.55. The quantitative estimate of drug-likeness (QED) is 0.377. The zero-order valence-electron chi connectivity index (χ0n) is 19.8. The van der Waals surface area contributed by atoms with Crippen LogP contribution in [0.3, 0.4) is 0 Å². The highest BCUT2D eigenvalue weighted by atomic mass is 32.2. The third kappa shape index (κ3) is 5.45. The summed E-state index contributed by atoms with van der Waals surface area (Å²) in [5.41, 5.74) is 5.66. The molecule has 2 aliphatic rings. The lowest BCUT2D eigenvalue weighted by molar-refractivity contribution is -0.203. The van der Waals surface area contributed by atoms with Gasteiger partial charge in [-0.15, -0.1) is 11.0 Å². The van der Waals surface area contributed by atoms with E-state index in [1.165, 1.54) is 21.2 Å². The second-order valence-electron chi connectivity index (χ2n) is 9.15. The van der Waals surface area contributed by atoms with Crippen LogP contribution in [0.2, 0.25) is 0 Å². The van der Waals surface area contributed by atoms with E-state index in [1.807, 2.05) is 20.8 Å². The standard InChI is InChI=1S/C21H29F3N6O3S/c1-6-7-11-29-14-15(26-18(27(5)16(14)31)34-20(2,3)4)30(33-17(32)21(22,23)24)19(29)28-10-8-9-13(25)12-28/h13,19H,8-12,25H2,1-5H3. The van der Waals surface area contributed by atoms with Gasteiger partial charge < -0.3 is 15.5 Å². The molecular weight excluding hydrogens is 473 g/mol. The van der Waals surface area contributed by atoms with Crippen LogP contribution in [0.15, 0.2) is 9.95 Å². The van der Waals surface area contributed by atoms with E-state index in [0.29, 0.717) is 19.5 Å². The Hall–Kier alpha value is -2.43. The van der Waals surface area contributed by atoms with E-state index in [4.69, 9.17) is 10.6 Å². The number of likely N-dealkylation sites (tertiary alicyclic amines) is 1. The minimum Gasteiger partial charge on any atom is -0.327 e. The number of carbonyl (C=O) groups is 1. The minimum atomic E-state index is -5.23. The monoisotopic (exact) mass is 502 g/mol. The lowest BCUT2D eigenvalue weighted by Crippen LogP contribution is -2.60. The number of carbonyl (C=O) groups excluding carboxylic acids is 1. The van der Waals surface area contributed by atoms with Crippen molar-refractivity contribution in [2.75, 3.05) is 29.6 Å². The number of thioether (sulfide) groups is 1. The molecule has 34 heavy (non-hydrogen) atoms. The van der Waals surface area contributed by atoms with Crippen molar-refractivity contribution in [3.63, 3.8) is 0 Å². The van der Waals surface area contributed by atoms with Gasteiger partial charge in [0.15, 0.2) is 23.0 Å². The Kier molecular flexibility index (Phi) is 7.45. The third-order valence-electron chi connectivity index (χ3n) is 5.24. The Morgan fingerprint density at radius 1 is 1.32 bits per heavy atom. The summed E-state index contributed by atoms with van der Waals surface area (Å²) < 4.78 is 40.6. The van der Waals surface area contributed by atoms with Crippen molar-refractivity contribution in [2.24, 2.45) is 12.8 Å². The topological polar surface area (TPSA) is 96.9 Å². The Bertz CT molecular complexity index is 1060. The number of hydrogen-bond acceptors (Lipinski definition) is 9. The van der Waals surface area contributed by atoms with E-state index in [-0.39, 0.29) is 34.0 Å². The van der Waals surface area contributed by atoms with E-state index in [0.717, 1.165) is 11.5 Å². The molecule has 0 aliphatic carbocycles. The van der Waals surface area contributed by atoms with Crippen molar-refractivity contribution in [1.29, 1.82) is 0 Å². The van der Waals surface area contributed by atoms with Crippen LogP contribution in [0.1, 0.15) is 40.5 Å². The lowest BCUT2D eigenvalue weighted by atomic mass is 10.1. The summed E-state index contributed by atoms with van der Waals surface area (Å²) in [4.78, 5) is 38.0. The van der Waals surface area contributed by atoms with Crippen LogP contribution in [0.25, 0.3) is 0 Å². The molecule has 2 unspecified atom stereocenters. The van der Waals surface area contributed by atoms with Crippen LogP contribution in [-0.2, 0) is 16.7 Å². The van der Waals surface area contributed by atoms with Gasteiger partial charge in [-0.3, -0.25) is 14.3 Å². The molecule has 2 N–H and O–H groups in total. The average molecular weight is 503 g/mol. The van der Waals surface area contributed by atoms with Crippen molar-refractivity contribution in [1.82, 2.24) is 14.5 Å². The number of hydrogen-bond donors (Lipinski definition) is 1. The normalized spacial score (nSPS) is 21.2. The number of nitrogens with zero attached hydrogens (tertiary/aromatic N) is 5. The maximum atomic E-state index is 13.4. The molecule has 3 heterocycles. The number of anilines is 2. The predicted octanol–water partition coefficient (Wildman–Crippen LogP) is 2.05. The smallest absolute Gasteiger partial charge is 0.327 e. The molecule has 0 amide bonds. The number of piperidine rings is 1. The molecular formula is C21H29F3N6O3S. The average Bonchev–Trinajstić information content (AvgIpc) is 3.01. The van der Waals surface area contributed by atoms with Crippen molar-refractivity contribution in [2.45, 2.75) is 68.9 Å². The number of halogens is 3. The van der Waals surface area contributed by atoms with Gasteiger partial charge in [-0.05, 0) is 19.8 Å². The molecule has 1 aromatic rings. The molecule has 1 fully saturated rings. The summed E-state index contributed by atoms with van der Waals surface area (Å²) in [5.74, 6) is 3.04. The maximum absolute atomic E-state index is 13.4. The van der Waals surface area contributed by atoms with Crippen molar-refractivity contribution in [3.05, 3.63) is 10.4 Å². The minimum absolute atomic E-state index is 0.0163. The Balaban J connectivity index is 2.20. The van der Waals surface area contributed by atoms with Crippen LogP contribution in [0, 0.1) is 11.8 Å². The van der Waals surface area contributed by atoms with Gasteiger partial charge in [0, 0.05) is 30.9 Å². The van der Waals surface area contributed by atoms with Crippen LogP contribution in [0.4, 0.5) is 24.7 Å². The molecule has 0 aromatic carbocycles. The first-order chi connectivity index (χ1) is 15.7. The second-order valence-corrected chi connectivity index (χ2v) is 10.9. The van der Waals surface area contributed by atoms with Crippen LogP contribution in [-0.4, -0.2) is 63.3 Å². The fourth-order valence-electron chi connectivity index (χ4n) is 3.83. The summed E-state index contributed by atoms with van der Waals surface area (Å²) in [5, 5.41) is 1.07. The van der Waals surface area contributed by atoms with Crippen LogP contribution in [0.5, 0.6) is 0 Å². The van der Waals surface area contributed by atoms with Gasteiger partial charge in [0.05, 0.1) is 6.54 Å². The van der Waals surface area contributed by atoms with Gasteiger partial charge in [-0.1, -0.05) is 38.5 Å². The molecule has 0 spiro atoms. The van der Waals surface area contributed by atoms with Crippen molar-refractivity contribution in [3.8, 4) is 11.8 Å². The molecule has 3 rings (SSSR count). The Labute approximate surface area is 200 Å². The van der Waals surface area contributed by atoms with Gasteiger partial charge in [0.2, 0.25) is 0 Å². The highest BCUT2D eigenvalue weighted by molar-refractivity contribution is 8.00. The van der Waals surface area contributed by atoms with Gasteiger partial charge >= 0.3 is 12.1 Å². The molecule has 2 atom stereocenters. The summed E-state index contributed by atoms with van der Waals surface area (Å²) in [6, 6.07) is -0.223. The largest absolute Gasteiger partial charge is 0.493 e. The summed E-state index contributed by atoms with van der Waals surface area (Å²) in [6.07, 6.45) is -4.84. The number of fused-ring (bicyclic) bond motifs is 1. The SMILES string of the molecule is CC#CCN1c2c(nc(SC(C)(C)C)n(C)c2=O)N(OC(=O)C(F)(F)F)C1N1CCCC(N)C1. The first-order valence-corrected chi connectivity index (χ1v) is 11.6. The fraction of sp³-hybridized carbons (Fsp3) is 0.667. The maximum Gasteiger partial charge on any atom is 0.493 e. The summed E-state index contributed by atoms with van der Waals surface area (Å²) >= 11 is 1.27. The van der Waals surface area contributed by atoms with Crippen molar-refractivity contribution >= 4 is 29.2 Å². The molecule has 13 heteroatoms. The van der Waals surface area contributed by atoms with Gasteiger partial charge in [0.25, 0.3) is 5.56 Å². The van der Waals surface area contributed by atoms with Crippen LogP contribution < -0.4 is 21.3 Å². The van der Waals surface area contributed by atoms with E-state index in [9.17, 15) is 22.8 Å². The number of nitrogens with two attached hydrogens (primary N) is 1. The highest BCUT2D eigenvalue weighted by Gasteiger charge is 2.50. The molecule has 2 aliphatic heterocycles. The fourth-order valence-corrected chi connectivity index (χ4v) is 4.73. The first kappa shape index (κ1) is 26.2. The Morgan fingerprint density at radius 3 is 2.56 bits per heavy atom. The summed E-state index contributed by atoms with van der Waals surface area (Å²) in [6.45, 7) is 8.19. The third-order valence-corrected chi connectivity index (χ3v) is 6.40. The number of rotatable bonds is 4. The molecule has 0 bridgehead atoms. The van der Waals surface area contributed by atoms with Gasteiger partial charge in [-0.2, -0.15) is 13.2 Å². The number of hydroxylamine groups is 1. The zero-order chi connectivity index (χ0) is 25.4. The van der Waals surface area contributed by atoms with E-state index < -0.39 is 24.0 Å². The Morgan fingerprint density at radius 2 is 2.00 bits per heavy atom. The second kappa shape index (κ2) is 9.67. The van der Waals surface area contributed by atoms with E-state index >= 15 is 0 Å².